The first-order valence-electron chi connectivity index (χ1n) is 12.2. The summed E-state index contributed by atoms with van der Waals surface area (Å²) >= 11 is 0. The van der Waals surface area contributed by atoms with Crippen LogP contribution in [0.2, 0.25) is 0 Å². The van der Waals surface area contributed by atoms with Crippen molar-refractivity contribution in [1.82, 2.24) is 15.5 Å². The van der Waals surface area contributed by atoms with Crippen LogP contribution in [-0.4, -0.2) is 68.6 Å². The Morgan fingerprint density at radius 1 is 1.09 bits per heavy atom. The zero-order valence-electron chi connectivity index (χ0n) is 20.4. The third kappa shape index (κ3) is 5.53. The molecule has 34 heavy (non-hydrogen) atoms. The number of ether oxygens (including phenoxy) is 1. The minimum atomic E-state index is -0.163. The Morgan fingerprint density at radius 3 is 2.65 bits per heavy atom. The second-order valence-electron chi connectivity index (χ2n) is 9.51. The number of anilines is 1. The van der Waals surface area contributed by atoms with Crippen LogP contribution in [0, 0.1) is 5.92 Å². The number of amides is 2. The zero-order valence-corrected chi connectivity index (χ0v) is 20.4. The van der Waals surface area contributed by atoms with E-state index in [9.17, 15) is 9.59 Å². The smallest absolute Gasteiger partial charge is 0.234 e. The highest BCUT2D eigenvalue weighted by Gasteiger charge is 2.41. The molecule has 0 unspecified atom stereocenters. The molecule has 0 bridgehead atoms. The number of methoxy groups -OCH3 is 1. The van der Waals surface area contributed by atoms with Gasteiger partial charge in [0.25, 0.3) is 0 Å². The van der Waals surface area contributed by atoms with Crippen molar-refractivity contribution in [3.8, 4) is 5.75 Å². The summed E-state index contributed by atoms with van der Waals surface area (Å²) in [7, 11) is 1.67. The third-order valence-corrected chi connectivity index (χ3v) is 6.75. The maximum Gasteiger partial charge on any atom is 0.234 e. The predicted octanol–water partition coefficient (Wildman–Crippen LogP) is 2.24. The van der Waals surface area contributed by atoms with E-state index in [-0.39, 0.29) is 29.8 Å². The largest absolute Gasteiger partial charge is 0.496 e. The average molecular weight is 465 g/mol. The van der Waals surface area contributed by atoms with Crippen molar-refractivity contribution in [2.24, 2.45) is 5.92 Å². The van der Waals surface area contributed by atoms with E-state index < -0.39 is 0 Å². The quantitative estimate of drug-likeness (QED) is 0.627. The highest BCUT2D eigenvalue weighted by atomic mass is 16.5. The van der Waals surface area contributed by atoms with Gasteiger partial charge in [-0.1, -0.05) is 36.4 Å². The van der Waals surface area contributed by atoms with E-state index in [1.165, 1.54) is 11.3 Å². The SMILES string of the molecule is COc1ccccc1CCNC(=O)[C@@H]1Cc2ccccc2N2CCN(CC(=O)NC(C)C)C[C@H]12. The number of nitrogens with zero attached hydrogens (tertiary/aromatic N) is 2. The highest BCUT2D eigenvalue weighted by molar-refractivity contribution is 5.82. The second-order valence-corrected chi connectivity index (χ2v) is 9.51. The molecule has 0 radical (unpaired) electrons. The molecule has 7 nitrogen and oxygen atoms in total. The summed E-state index contributed by atoms with van der Waals surface area (Å²) in [5.74, 6) is 0.797. The summed E-state index contributed by atoms with van der Waals surface area (Å²) in [6.07, 6.45) is 1.43. The summed E-state index contributed by atoms with van der Waals surface area (Å²) in [4.78, 5) is 30.3. The van der Waals surface area contributed by atoms with E-state index in [4.69, 9.17) is 4.74 Å². The minimum absolute atomic E-state index is 0.0393. The molecule has 0 saturated carbocycles. The molecule has 7 heteroatoms. The molecule has 2 aromatic carbocycles. The van der Waals surface area contributed by atoms with E-state index >= 15 is 0 Å². The average Bonchev–Trinajstić information content (AvgIpc) is 2.83. The van der Waals surface area contributed by atoms with Crippen molar-refractivity contribution in [2.75, 3.05) is 44.7 Å². The second kappa shape index (κ2) is 10.9. The van der Waals surface area contributed by atoms with Gasteiger partial charge in [-0.15, -0.1) is 0 Å². The Balaban J connectivity index is 1.45. The van der Waals surface area contributed by atoms with Crippen molar-refractivity contribution in [3.63, 3.8) is 0 Å². The standard InChI is InChI=1S/C27H36N4O3/c1-19(2)29-26(32)18-30-14-15-31-23-10-6-4-9-21(23)16-22(24(31)17-30)27(33)28-13-12-20-8-5-7-11-25(20)34-3/h4-11,19,22,24H,12-18H2,1-3H3,(H,28,33)(H,29,32)/t22-,24-/m1/s1. The van der Waals surface area contributed by atoms with Gasteiger partial charge in [0.2, 0.25) is 11.8 Å². The topological polar surface area (TPSA) is 73.9 Å². The first kappa shape index (κ1) is 24.1. The zero-order chi connectivity index (χ0) is 24.1. The molecule has 0 aliphatic carbocycles. The summed E-state index contributed by atoms with van der Waals surface area (Å²) in [5.41, 5.74) is 3.52. The van der Waals surface area contributed by atoms with E-state index in [2.05, 4.69) is 38.6 Å². The number of piperazine rings is 1. The number of para-hydroxylation sites is 2. The Labute approximate surface area is 202 Å². The predicted molar refractivity (Wildman–Crippen MR) is 134 cm³/mol. The molecule has 182 valence electrons. The third-order valence-electron chi connectivity index (χ3n) is 6.75. The van der Waals surface area contributed by atoms with Crippen LogP contribution in [0.3, 0.4) is 0 Å². The molecule has 0 spiro atoms. The number of nitrogens with one attached hydrogen (secondary N) is 2. The van der Waals surface area contributed by atoms with E-state index in [0.717, 1.165) is 30.8 Å². The number of carbonyl (C=O) groups excluding carboxylic acids is 2. The molecule has 1 saturated heterocycles. The van der Waals surface area contributed by atoms with Gasteiger partial charge < -0.3 is 20.3 Å². The van der Waals surface area contributed by atoms with Crippen LogP contribution in [0.1, 0.15) is 25.0 Å². The molecular formula is C27H36N4O3. The number of carbonyl (C=O) groups is 2. The molecular weight excluding hydrogens is 428 g/mol. The number of rotatable bonds is 8. The van der Waals surface area contributed by atoms with Crippen LogP contribution in [0.4, 0.5) is 5.69 Å². The lowest BCUT2D eigenvalue weighted by molar-refractivity contribution is -0.126. The van der Waals surface area contributed by atoms with E-state index in [0.29, 0.717) is 26.1 Å². The Bertz CT molecular complexity index is 1010. The molecule has 0 aromatic heterocycles. The number of hydrogen-bond acceptors (Lipinski definition) is 5. The highest BCUT2D eigenvalue weighted by Crippen LogP contribution is 2.36. The lowest BCUT2D eigenvalue weighted by Gasteiger charge is -2.49. The summed E-state index contributed by atoms with van der Waals surface area (Å²) < 4.78 is 5.44. The van der Waals surface area contributed by atoms with Gasteiger partial charge in [-0.05, 0) is 49.9 Å². The van der Waals surface area contributed by atoms with Crippen LogP contribution in [0.5, 0.6) is 5.75 Å². The van der Waals surface area contributed by atoms with E-state index in [1.54, 1.807) is 7.11 Å². The van der Waals surface area contributed by atoms with Crippen LogP contribution in [-0.2, 0) is 22.4 Å². The van der Waals surface area contributed by atoms with Gasteiger partial charge in [-0.25, -0.2) is 0 Å². The van der Waals surface area contributed by atoms with Gasteiger partial charge in [0, 0.05) is 37.9 Å². The van der Waals surface area contributed by atoms with Gasteiger partial charge in [0.05, 0.1) is 25.6 Å². The lowest BCUT2D eigenvalue weighted by Crippen LogP contribution is -2.62. The monoisotopic (exact) mass is 464 g/mol. The Kier molecular flexibility index (Phi) is 7.73. The molecule has 2 amide bonds. The lowest BCUT2D eigenvalue weighted by atomic mass is 9.83. The number of benzene rings is 2. The molecule has 2 aromatic rings. The molecule has 4 rings (SSSR count). The van der Waals surface area contributed by atoms with Gasteiger partial charge in [0.15, 0.2) is 0 Å². The van der Waals surface area contributed by atoms with Gasteiger partial charge in [-0.2, -0.15) is 0 Å². The summed E-state index contributed by atoms with van der Waals surface area (Å²) in [6, 6.07) is 16.5. The van der Waals surface area contributed by atoms with Crippen molar-refractivity contribution < 1.29 is 14.3 Å². The van der Waals surface area contributed by atoms with Crippen molar-refractivity contribution in [2.45, 2.75) is 38.8 Å². The van der Waals surface area contributed by atoms with Crippen LogP contribution in [0.15, 0.2) is 48.5 Å². The van der Waals surface area contributed by atoms with Crippen molar-refractivity contribution in [1.29, 1.82) is 0 Å². The van der Waals surface area contributed by atoms with Gasteiger partial charge >= 0.3 is 0 Å². The number of fused-ring (bicyclic) bond motifs is 3. The Morgan fingerprint density at radius 2 is 1.85 bits per heavy atom. The fourth-order valence-corrected chi connectivity index (χ4v) is 5.19. The summed E-state index contributed by atoms with van der Waals surface area (Å²) in [5, 5.41) is 6.16. The van der Waals surface area contributed by atoms with Crippen molar-refractivity contribution in [3.05, 3.63) is 59.7 Å². The van der Waals surface area contributed by atoms with Crippen LogP contribution < -0.4 is 20.3 Å². The van der Waals surface area contributed by atoms with Crippen molar-refractivity contribution >= 4 is 17.5 Å². The molecule has 1 fully saturated rings. The number of hydrogen-bond donors (Lipinski definition) is 2. The van der Waals surface area contributed by atoms with Gasteiger partial charge in [-0.3, -0.25) is 14.5 Å². The molecule has 2 heterocycles. The maximum atomic E-state index is 13.4. The fraction of sp³-hybridized carbons (Fsp3) is 0.481. The van der Waals surface area contributed by atoms with Crippen LogP contribution >= 0.6 is 0 Å². The first-order chi connectivity index (χ1) is 16.5. The summed E-state index contributed by atoms with van der Waals surface area (Å²) in [6.45, 7) is 7.18. The van der Waals surface area contributed by atoms with Crippen LogP contribution in [0.25, 0.3) is 0 Å². The molecule has 2 aliphatic heterocycles. The minimum Gasteiger partial charge on any atom is -0.496 e. The molecule has 2 N–H and O–H groups in total. The molecule has 2 atom stereocenters. The Hall–Kier alpha value is -3.06. The molecule has 2 aliphatic rings. The van der Waals surface area contributed by atoms with Gasteiger partial charge in [0.1, 0.15) is 5.75 Å². The normalized spacial score (nSPS) is 19.8. The fourth-order valence-electron chi connectivity index (χ4n) is 5.19. The first-order valence-corrected chi connectivity index (χ1v) is 12.2. The van der Waals surface area contributed by atoms with E-state index in [1.807, 2.05) is 44.2 Å². The maximum absolute atomic E-state index is 13.4.